The molecule has 1 saturated heterocycles. The summed E-state index contributed by atoms with van der Waals surface area (Å²) < 4.78 is 7.17. The predicted molar refractivity (Wildman–Crippen MR) is 132 cm³/mol. The largest absolute Gasteiger partial charge is 0.497 e. The van der Waals surface area contributed by atoms with Gasteiger partial charge in [-0.25, -0.2) is 0 Å². The van der Waals surface area contributed by atoms with Crippen molar-refractivity contribution in [3.63, 3.8) is 0 Å². The second kappa shape index (κ2) is 10.9. The molecule has 1 aliphatic heterocycles. The SMILES string of the molecule is COc1ccc(-n2c(C)nnc2SCC(=O)Nc2ccc(CN3CCCCC3C)cc2)cc1. The normalized spacial score (nSPS) is 16.5. The number of amides is 1. The van der Waals surface area contributed by atoms with E-state index in [1.54, 1.807) is 7.11 Å². The van der Waals surface area contributed by atoms with Gasteiger partial charge in [-0.05, 0) is 75.2 Å². The average Bonchev–Trinajstić information content (AvgIpc) is 3.20. The molecule has 0 radical (unpaired) electrons. The van der Waals surface area contributed by atoms with Crippen LogP contribution < -0.4 is 10.1 Å². The highest BCUT2D eigenvalue weighted by atomic mass is 32.2. The smallest absolute Gasteiger partial charge is 0.234 e. The fourth-order valence-corrected chi connectivity index (χ4v) is 4.91. The summed E-state index contributed by atoms with van der Waals surface area (Å²) in [5.74, 6) is 1.73. The van der Waals surface area contributed by atoms with Crippen LogP contribution in [-0.4, -0.2) is 51.0 Å². The van der Waals surface area contributed by atoms with Gasteiger partial charge in [0.15, 0.2) is 5.16 Å². The molecule has 0 spiro atoms. The van der Waals surface area contributed by atoms with Gasteiger partial charge in [-0.3, -0.25) is 14.3 Å². The molecule has 1 amide bonds. The van der Waals surface area contributed by atoms with Gasteiger partial charge < -0.3 is 10.1 Å². The van der Waals surface area contributed by atoms with Crippen molar-refractivity contribution < 1.29 is 9.53 Å². The van der Waals surface area contributed by atoms with E-state index in [2.05, 4.69) is 39.5 Å². The monoisotopic (exact) mass is 465 g/mol. The van der Waals surface area contributed by atoms with Crippen LogP contribution in [0.3, 0.4) is 0 Å². The summed E-state index contributed by atoms with van der Waals surface area (Å²) in [4.78, 5) is 15.1. The van der Waals surface area contributed by atoms with E-state index in [4.69, 9.17) is 4.74 Å². The zero-order chi connectivity index (χ0) is 23.2. The molecule has 33 heavy (non-hydrogen) atoms. The van der Waals surface area contributed by atoms with Crippen LogP contribution in [0.5, 0.6) is 5.75 Å². The number of nitrogens with one attached hydrogen (secondary N) is 1. The number of benzene rings is 2. The first-order chi connectivity index (χ1) is 16.0. The van der Waals surface area contributed by atoms with E-state index in [-0.39, 0.29) is 11.7 Å². The summed E-state index contributed by atoms with van der Waals surface area (Å²) in [7, 11) is 1.64. The summed E-state index contributed by atoms with van der Waals surface area (Å²) in [6.45, 7) is 6.33. The average molecular weight is 466 g/mol. The third-order valence-electron chi connectivity index (χ3n) is 6.02. The van der Waals surface area contributed by atoms with Crippen LogP contribution in [0.15, 0.2) is 53.7 Å². The van der Waals surface area contributed by atoms with Gasteiger partial charge in [0.05, 0.1) is 12.9 Å². The summed E-state index contributed by atoms with van der Waals surface area (Å²) in [5.41, 5.74) is 3.02. The van der Waals surface area contributed by atoms with Crippen molar-refractivity contribution in [3.8, 4) is 11.4 Å². The highest BCUT2D eigenvalue weighted by molar-refractivity contribution is 7.99. The Kier molecular flexibility index (Phi) is 7.67. The van der Waals surface area contributed by atoms with E-state index in [0.29, 0.717) is 11.2 Å². The Morgan fingerprint density at radius 2 is 1.88 bits per heavy atom. The van der Waals surface area contributed by atoms with E-state index in [1.165, 1.54) is 36.6 Å². The summed E-state index contributed by atoms with van der Waals surface area (Å²) in [6, 6.07) is 16.5. The van der Waals surface area contributed by atoms with Gasteiger partial charge in [-0.2, -0.15) is 0 Å². The molecule has 4 rings (SSSR count). The van der Waals surface area contributed by atoms with Gasteiger partial charge in [0.1, 0.15) is 11.6 Å². The van der Waals surface area contributed by atoms with E-state index in [1.807, 2.05) is 47.9 Å². The number of methoxy groups -OCH3 is 1. The number of hydrogen-bond acceptors (Lipinski definition) is 6. The zero-order valence-electron chi connectivity index (χ0n) is 19.5. The molecule has 1 aliphatic rings. The molecule has 8 heteroatoms. The Bertz CT molecular complexity index is 1070. The van der Waals surface area contributed by atoms with Gasteiger partial charge >= 0.3 is 0 Å². The second-order valence-electron chi connectivity index (χ2n) is 8.41. The van der Waals surface area contributed by atoms with Crippen LogP contribution in [0.2, 0.25) is 0 Å². The van der Waals surface area contributed by atoms with Crippen LogP contribution in [0.25, 0.3) is 5.69 Å². The number of aromatic nitrogens is 3. The van der Waals surface area contributed by atoms with Crippen LogP contribution in [0, 0.1) is 6.92 Å². The third kappa shape index (κ3) is 5.94. The lowest BCUT2D eigenvalue weighted by molar-refractivity contribution is -0.113. The molecule has 1 atom stereocenters. The first kappa shape index (κ1) is 23.3. The Hall–Kier alpha value is -2.84. The van der Waals surface area contributed by atoms with Crippen molar-refractivity contribution >= 4 is 23.4 Å². The fourth-order valence-electron chi connectivity index (χ4n) is 4.11. The van der Waals surface area contributed by atoms with Crippen molar-refractivity contribution in [1.82, 2.24) is 19.7 Å². The third-order valence-corrected chi connectivity index (χ3v) is 6.95. The maximum absolute atomic E-state index is 12.6. The molecule has 0 bridgehead atoms. The minimum absolute atomic E-state index is 0.0701. The standard InChI is InChI=1S/C25H31N5O2S/c1-18-6-4-5-15-29(18)16-20-7-9-21(10-8-20)26-24(31)17-33-25-28-27-19(2)30(25)22-11-13-23(32-3)14-12-22/h7-14,18H,4-6,15-17H2,1-3H3,(H,26,31). The number of aryl methyl sites for hydroxylation is 1. The highest BCUT2D eigenvalue weighted by Crippen LogP contribution is 2.24. The van der Waals surface area contributed by atoms with Crippen molar-refractivity contribution in [2.45, 2.75) is 50.9 Å². The van der Waals surface area contributed by atoms with Crippen LogP contribution in [0.1, 0.15) is 37.6 Å². The molecule has 1 fully saturated rings. The minimum Gasteiger partial charge on any atom is -0.497 e. The van der Waals surface area contributed by atoms with Crippen molar-refractivity contribution in [1.29, 1.82) is 0 Å². The molecule has 2 aromatic carbocycles. The molecular weight excluding hydrogens is 434 g/mol. The lowest BCUT2D eigenvalue weighted by Crippen LogP contribution is -2.36. The van der Waals surface area contributed by atoms with Crippen molar-refractivity contribution in [3.05, 3.63) is 59.9 Å². The van der Waals surface area contributed by atoms with E-state index >= 15 is 0 Å². The maximum Gasteiger partial charge on any atom is 0.234 e. The van der Waals surface area contributed by atoms with Gasteiger partial charge in [0.2, 0.25) is 5.91 Å². The molecule has 0 saturated carbocycles. The number of carbonyl (C=O) groups is 1. The lowest BCUT2D eigenvalue weighted by atomic mass is 10.0. The molecule has 1 unspecified atom stereocenters. The fraction of sp³-hybridized carbons (Fsp3) is 0.400. The van der Waals surface area contributed by atoms with Gasteiger partial charge in [-0.15, -0.1) is 10.2 Å². The molecular formula is C25H31N5O2S. The van der Waals surface area contributed by atoms with E-state index < -0.39 is 0 Å². The van der Waals surface area contributed by atoms with Crippen LogP contribution >= 0.6 is 11.8 Å². The minimum atomic E-state index is -0.0701. The number of thioether (sulfide) groups is 1. The van der Waals surface area contributed by atoms with Crippen molar-refractivity contribution in [2.24, 2.45) is 0 Å². The Balaban J connectivity index is 1.32. The zero-order valence-corrected chi connectivity index (χ0v) is 20.3. The number of nitrogens with zero attached hydrogens (tertiary/aromatic N) is 4. The number of rotatable bonds is 8. The molecule has 1 N–H and O–H groups in total. The number of hydrogen-bond donors (Lipinski definition) is 1. The van der Waals surface area contributed by atoms with Gasteiger partial charge in [-0.1, -0.05) is 30.3 Å². The van der Waals surface area contributed by atoms with E-state index in [9.17, 15) is 4.79 Å². The summed E-state index contributed by atoms with van der Waals surface area (Å²) in [6.07, 6.45) is 3.88. The van der Waals surface area contributed by atoms with Crippen LogP contribution in [0.4, 0.5) is 5.69 Å². The summed E-state index contributed by atoms with van der Waals surface area (Å²) >= 11 is 1.37. The summed E-state index contributed by atoms with van der Waals surface area (Å²) in [5, 5.41) is 12.1. The number of carbonyl (C=O) groups excluding carboxylic acids is 1. The number of ether oxygens (including phenoxy) is 1. The highest BCUT2D eigenvalue weighted by Gasteiger charge is 2.18. The second-order valence-corrected chi connectivity index (χ2v) is 9.35. The Labute approximate surface area is 199 Å². The van der Waals surface area contributed by atoms with Crippen LogP contribution in [-0.2, 0) is 11.3 Å². The first-order valence-corrected chi connectivity index (χ1v) is 12.3. The molecule has 0 aliphatic carbocycles. The molecule has 2 heterocycles. The predicted octanol–water partition coefficient (Wildman–Crippen LogP) is 4.69. The number of piperidine rings is 1. The van der Waals surface area contributed by atoms with Gasteiger partial charge in [0, 0.05) is 24.0 Å². The Morgan fingerprint density at radius 1 is 1.12 bits per heavy atom. The molecule has 3 aromatic rings. The first-order valence-electron chi connectivity index (χ1n) is 11.4. The Morgan fingerprint density at radius 3 is 2.58 bits per heavy atom. The lowest BCUT2D eigenvalue weighted by Gasteiger charge is -2.33. The number of likely N-dealkylation sites (tertiary alicyclic amines) is 1. The topological polar surface area (TPSA) is 72.3 Å². The van der Waals surface area contributed by atoms with Gasteiger partial charge in [0.25, 0.3) is 0 Å². The van der Waals surface area contributed by atoms with E-state index in [0.717, 1.165) is 36.0 Å². The van der Waals surface area contributed by atoms with Crippen molar-refractivity contribution in [2.75, 3.05) is 24.7 Å². The number of anilines is 1. The molecule has 1 aromatic heterocycles. The quantitative estimate of drug-likeness (QED) is 0.487. The molecule has 174 valence electrons. The molecule has 7 nitrogen and oxygen atoms in total. The maximum atomic E-state index is 12.6.